The van der Waals surface area contributed by atoms with Crippen LogP contribution in [0.3, 0.4) is 0 Å². The lowest BCUT2D eigenvalue weighted by Crippen LogP contribution is -2.43. The molecule has 1 aliphatic heterocycles. The molecule has 4 rings (SSSR count). The first-order valence-corrected chi connectivity index (χ1v) is 9.77. The van der Waals surface area contributed by atoms with Gasteiger partial charge >= 0.3 is 11.8 Å². The highest BCUT2D eigenvalue weighted by Crippen LogP contribution is 2.30. The minimum absolute atomic E-state index is 0.0882. The van der Waals surface area contributed by atoms with Gasteiger partial charge in [0.05, 0.1) is 5.56 Å². The molecule has 3 aromatic rings. The van der Waals surface area contributed by atoms with Crippen molar-refractivity contribution in [2.45, 2.75) is 19.0 Å². The van der Waals surface area contributed by atoms with Gasteiger partial charge in [0.15, 0.2) is 5.78 Å². The maximum absolute atomic E-state index is 13.0. The number of para-hydroxylation sites is 1. The first-order chi connectivity index (χ1) is 14.7. The molecule has 1 amide bonds. The van der Waals surface area contributed by atoms with Gasteiger partial charge in [0.1, 0.15) is 11.1 Å². The number of fused-ring (bicyclic) bond motifs is 1. The van der Waals surface area contributed by atoms with Crippen molar-refractivity contribution in [3.63, 3.8) is 0 Å². The van der Waals surface area contributed by atoms with E-state index in [0.29, 0.717) is 30.4 Å². The fraction of sp³-hybridized carbons (Fsp3) is 0.261. The molecule has 0 saturated carbocycles. The summed E-state index contributed by atoms with van der Waals surface area (Å²) in [6.07, 6.45) is -3.42. The summed E-state index contributed by atoms with van der Waals surface area (Å²) < 4.78 is 43.5. The molecule has 1 fully saturated rings. The number of piperidine rings is 1. The average molecular weight is 429 g/mol. The Morgan fingerprint density at radius 3 is 2.45 bits per heavy atom. The number of carbonyl (C=O) groups excluding carboxylic acids is 2. The number of ketones is 1. The Morgan fingerprint density at radius 1 is 1.03 bits per heavy atom. The second-order valence-electron chi connectivity index (χ2n) is 7.52. The quantitative estimate of drug-likeness (QED) is 0.453. The van der Waals surface area contributed by atoms with Gasteiger partial charge in [0, 0.05) is 30.0 Å². The number of halogens is 3. The molecule has 1 aliphatic rings. The molecular formula is C23H18F3NO4. The molecule has 2 heterocycles. The van der Waals surface area contributed by atoms with Crippen LogP contribution < -0.4 is 5.63 Å². The number of Topliss-reactive ketones (excluding diaryl/α,β-unsaturated/α-hetero) is 1. The smallest absolute Gasteiger partial charge is 0.416 e. The maximum atomic E-state index is 13.0. The van der Waals surface area contributed by atoms with Gasteiger partial charge in [0.2, 0.25) is 0 Å². The van der Waals surface area contributed by atoms with Gasteiger partial charge in [-0.3, -0.25) is 9.59 Å². The molecule has 0 unspecified atom stereocenters. The lowest BCUT2D eigenvalue weighted by molar-refractivity contribution is -0.137. The van der Waals surface area contributed by atoms with Gasteiger partial charge in [-0.05, 0) is 37.1 Å². The predicted octanol–water partition coefficient (Wildman–Crippen LogP) is 4.55. The molecule has 0 bridgehead atoms. The Balaban J connectivity index is 1.53. The highest BCUT2D eigenvalue weighted by molar-refractivity contribution is 6.00. The van der Waals surface area contributed by atoms with Crippen LogP contribution in [0.25, 0.3) is 11.0 Å². The SMILES string of the molecule is O=C(c1ccc(C(F)(F)F)cc1)[C@H]1CCCN(C(=O)c2cc3ccccc3oc2=O)C1. The minimum Gasteiger partial charge on any atom is -0.422 e. The first kappa shape index (κ1) is 20.8. The van der Waals surface area contributed by atoms with Gasteiger partial charge < -0.3 is 9.32 Å². The van der Waals surface area contributed by atoms with Crippen LogP contribution in [0.15, 0.2) is 63.8 Å². The number of carbonyl (C=O) groups is 2. The van der Waals surface area contributed by atoms with Gasteiger partial charge in [-0.25, -0.2) is 4.79 Å². The summed E-state index contributed by atoms with van der Waals surface area (Å²) >= 11 is 0. The maximum Gasteiger partial charge on any atom is 0.416 e. The van der Waals surface area contributed by atoms with Crippen molar-refractivity contribution in [1.29, 1.82) is 0 Å². The van der Waals surface area contributed by atoms with E-state index in [1.165, 1.54) is 11.0 Å². The topological polar surface area (TPSA) is 67.6 Å². The highest BCUT2D eigenvalue weighted by Gasteiger charge is 2.33. The van der Waals surface area contributed by atoms with Crippen molar-refractivity contribution < 1.29 is 27.2 Å². The van der Waals surface area contributed by atoms with Crippen LogP contribution >= 0.6 is 0 Å². The monoisotopic (exact) mass is 429 g/mol. The Kier molecular flexibility index (Phi) is 5.39. The Bertz CT molecular complexity index is 1200. The third-order valence-corrected chi connectivity index (χ3v) is 5.45. The zero-order valence-electron chi connectivity index (χ0n) is 16.3. The molecule has 0 N–H and O–H groups in total. The number of rotatable bonds is 3. The van der Waals surface area contributed by atoms with E-state index in [9.17, 15) is 27.6 Å². The fourth-order valence-electron chi connectivity index (χ4n) is 3.82. The summed E-state index contributed by atoms with van der Waals surface area (Å²) in [6.45, 7) is 0.465. The van der Waals surface area contributed by atoms with Crippen molar-refractivity contribution in [3.8, 4) is 0 Å². The lowest BCUT2D eigenvalue weighted by Gasteiger charge is -2.32. The number of benzene rings is 2. The molecular weight excluding hydrogens is 411 g/mol. The number of hydrogen-bond acceptors (Lipinski definition) is 4. The van der Waals surface area contributed by atoms with E-state index < -0.39 is 29.2 Å². The molecule has 2 aromatic carbocycles. The fourth-order valence-corrected chi connectivity index (χ4v) is 3.82. The van der Waals surface area contributed by atoms with Crippen LogP contribution in [0.2, 0.25) is 0 Å². The lowest BCUT2D eigenvalue weighted by atomic mass is 9.89. The molecule has 1 aromatic heterocycles. The van der Waals surface area contributed by atoms with Crippen LogP contribution in [-0.2, 0) is 6.18 Å². The molecule has 0 radical (unpaired) electrons. The predicted molar refractivity (Wildman–Crippen MR) is 107 cm³/mol. The third-order valence-electron chi connectivity index (χ3n) is 5.45. The molecule has 160 valence electrons. The molecule has 1 atom stereocenters. The zero-order valence-corrected chi connectivity index (χ0v) is 16.3. The van der Waals surface area contributed by atoms with E-state index in [0.717, 1.165) is 24.3 Å². The van der Waals surface area contributed by atoms with E-state index in [2.05, 4.69) is 0 Å². The number of likely N-dealkylation sites (tertiary alicyclic amines) is 1. The number of alkyl halides is 3. The molecule has 0 spiro atoms. The summed E-state index contributed by atoms with van der Waals surface area (Å²) in [4.78, 5) is 39.5. The zero-order chi connectivity index (χ0) is 22.2. The summed E-state index contributed by atoms with van der Waals surface area (Å²) in [6, 6.07) is 12.4. The summed E-state index contributed by atoms with van der Waals surface area (Å²) in [5, 5.41) is 0.611. The van der Waals surface area contributed by atoms with Crippen molar-refractivity contribution in [3.05, 3.63) is 81.7 Å². The molecule has 8 heteroatoms. The normalized spacial score (nSPS) is 17.0. The van der Waals surface area contributed by atoms with Crippen molar-refractivity contribution >= 4 is 22.7 Å². The van der Waals surface area contributed by atoms with Gasteiger partial charge in [-0.2, -0.15) is 13.2 Å². The van der Waals surface area contributed by atoms with Crippen LogP contribution in [0, 0.1) is 5.92 Å². The van der Waals surface area contributed by atoms with Crippen molar-refractivity contribution in [2.24, 2.45) is 5.92 Å². The molecule has 31 heavy (non-hydrogen) atoms. The van der Waals surface area contributed by atoms with Crippen LogP contribution in [0.1, 0.15) is 39.1 Å². The molecule has 5 nitrogen and oxygen atoms in total. The summed E-state index contributed by atoms with van der Waals surface area (Å²) in [7, 11) is 0. The number of nitrogens with zero attached hydrogens (tertiary/aromatic N) is 1. The third kappa shape index (κ3) is 4.23. The van der Waals surface area contributed by atoms with Crippen LogP contribution in [-0.4, -0.2) is 29.7 Å². The number of amides is 1. The van der Waals surface area contributed by atoms with E-state index in [4.69, 9.17) is 4.42 Å². The highest BCUT2D eigenvalue weighted by atomic mass is 19.4. The van der Waals surface area contributed by atoms with Crippen LogP contribution in [0.4, 0.5) is 13.2 Å². The van der Waals surface area contributed by atoms with E-state index >= 15 is 0 Å². The number of hydrogen-bond donors (Lipinski definition) is 0. The van der Waals surface area contributed by atoms with Crippen molar-refractivity contribution in [1.82, 2.24) is 4.90 Å². The largest absolute Gasteiger partial charge is 0.422 e. The van der Waals surface area contributed by atoms with Gasteiger partial charge in [-0.15, -0.1) is 0 Å². The average Bonchev–Trinajstić information content (AvgIpc) is 2.77. The van der Waals surface area contributed by atoms with E-state index in [1.807, 2.05) is 0 Å². The molecule has 1 saturated heterocycles. The van der Waals surface area contributed by atoms with Gasteiger partial charge in [-0.1, -0.05) is 30.3 Å². The Labute approximate surface area is 175 Å². The second kappa shape index (κ2) is 8.02. The standard InChI is InChI=1S/C23H18F3NO4/c24-23(25,26)17-9-7-14(8-10-17)20(28)16-5-3-11-27(13-16)21(29)18-12-15-4-1-2-6-19(15)31-22(18)30/h1-2,4,6-10,12,16H,3,5,11,13H2/t16-/m0/s1. The first-order valence-electron chi connectivity index (χ1n) is 9.77. The Hall–Kier alpha value is -3.42. The molecule has 0 aliphatic carbocycles. The minimum atomic E-state index is -4.48. The van der Waals surface area contributed by atoms with Gasteiger partial charge in [0.25, 0.3) is 5.91 Å². The second-order valence-corrected chi connectivity index (χ2v) is 7.52. The Morgan fingerprint density at radius 2 is 1.74 bits per heavy atom. The summed E-state index contributed by atoms with van der Waals surface area (Å²) in [5.74, 6) is -1.40. The summed E-state index contributed by atoms with van der Waals surface area (Å²) in [5.41, 5.74) is -1.15. The van der Waals surface area contributed by atoms with E-state index in [-0.39, 0.29) is 23.5 Å². The van der Waals surface area contributed by atoms with Crippen molar-refractivity contribution in [2.75, 3.05) is 13.1 Å². The van der Waals surface area contributed by atoms with E-state index in [1.54, 1.807) is 24.3 Å². The van der Waals surface area contributed by atoms with Crippen LogP contribution in [0.5, 0.6) is 0 Å².